The summed E-state index contributed by atoms with van der Waals surface area (Å²) in [6.07, 6.45) is 1.54. The van der Waals surface area contributed by atoms with E-state index >= 15 is 0 Å². The van der Waals surface area contributed by atoms with E-state index in [1.54, 1.807) is 18.2 Å². The lowest BCUT2D eigenvalue weighted by molar-refractivity contribution is 0.0864. The molecule has 5 rings (SSSR count). The maximum atomic E-state index is 13.0. The number of likely N-dealkylation sites (tertiary alicyclic amines) is 1. The minimum atomic E-state index is -0.934. The second kappa shape index (κ2) is 7.92. The summed E-state index contributed by atoms with van der Waals surface area (Å²) >= 11 is 0. The predicted octanol–water partition coefficient (Wildman–Crippen LogP) is 3.71. The molecule has 0 saturated carbocycles. The van der Waals surface area contributed by atoms with Crippen LogP contribution in [0.25, 0.3) is 17.0 Å². The van der Waals surface area contributed by atoms with Crippen LogP contribution < -0.4 is 14.2 Å². The van der Waals surface area contributed by atoms with Gasteiger partial charge in [0.15, 0.2) is 17.3 Å². The van der Waals surface area contributed by atoms with Crippen molar-refractivity contribution in [1.82, 2.24) is 15.1 Å². The zero-order valence-corrected chi connectivity index (χ0v) is 17.3. The maximum Gasteiger partial charge on any atom is 0.407 e. The number of fused-ring (bicyclic) bond motifs is 2. The van der Waals surface area contributed by atoms with Crippen LogP contribution in [0.5, 0.6) is 17.2 Å². The molecule has 164 valence electrons. The molecule has 3 aromatic rings. The first-order valence-corrected chi connectivity index (χ1v) is 10.3. The number of carbonyl (C=O) groups is 2. The lowest BCUT2D eigenvalue weighted by Crippen LogP contribution is -2.41. The smallest absolute Gasteiger partial charge is 0.407 e. The lowest BCUT2D eigenvalue weighted by atomic mass is 10.1. The fraction of sp³-hybridized carbons (Fsp3) is 0.261. The third-order valence-corrected chi connectivity index (χ3v) is 5.74. The SMILES string of the molecule is COc1ccc2c(c1OC1CCN(C(=O)O)CC1)OC(=Cc1n[nH]c3ccccc13)C2=O. The molecule has 0 unspecified atom stereocenters. The van der Waals surface area contributed by atoms with Gasteiger partial charge in [-0.2, -0.15) is 5.10 Å². The fourth-order valence-corrected chi connectivity index (χ4v) is 4.03. The topological polar surface area (TPSA) is 114 Å². The predicted molar refractivity (Wildman–Crippen MR) is 115 cm³/mol. The van der Waals surface area contributed by atoms with Crippen LogP contribution in [0.4, 0.5) is 4.79 Å². The molecule has 2 aliphatic rings. The number of allylic oxidation sites excluding steroid dienone is 1. The number of aromatic nitrogens is 2. The van der Waals surface area contributed by atoms with Gasteiger partial charge in [-0.25, -0.2) is 4.79 Å². The number of aromatic amines is 1. The highest BCUT2D eigenvalue weighted by atomic mass is 16.6. The van der Waals surface area contributed by atoms with Gasteiger partial charge in [-0.05, 0) is 18.2 Å². The zero-order chi connectivity index (χ0) is 22.2. The van der Waals surface area contributed by atoms with Crippen molar-refractivity contribution in [3.05, 3.63) is 53.4 Å². The number of H-pyrrole nitrogens is 1. The molecule has 0 radical (unpaired) electrons. The van der Waals surface area contributed by atoms with E-state index in [1.165, 1.54) is 12.0 Å². The van der Waals surface area contributed by atoms with E-state index < -0.39 is 6.09 Å². The number of para-hydroxylation sites is 1. The number of hydrogen-bond acceptors (Lipinski definition) is 6. The Morgan fingerprint density at radius 2 is 2.03 bits per heavy atom. The summed E-state index contributed by atoms with van der Waals surface area (Å²) in [7, 11) is 1.52. The quantitative estimate of drug-likeness (QED) is 0.601. The first kappa shape index (κ1) is 19.9. The minimum Gasteiger partial charge on any atom is -0.493 e. The summed E-state index contributed by atoms with van der Waals surface area (Å²) in [6, 6.07) is 11.0. The van der Waals surface area contributed by atoms with Crippen LogP contribution >= 0.6 is 0 Å². The number of Topliss-reactive ketones (excluding diaryl/α,β-unsaturated/α-hetero) is 1. The Morgan fingerprint density at radius 3 is 2.78 bits per heavy atom. The number of nitrogens with one attached hydrogen (secondary N) is 1. The van der Waals surface area contributed by atoms with Gasteiger partial charge in [0, 0.05) is 37.4 Å². The largest absolute Gasteiger partial charge is 0.493 e. The highest BCUT2D eigenvalue weighted by Crippen LogP contribution is 2.46. The standard InChI is InChI=1S/C23H21N3O6/c1-30-18-7-6-15-20(27)19(12-17-14-4-2-3-5-16(14)24-25-17)32-21(15)22(18)31-13-8-10-26(11-9-13)23(28)29/h2-7,12-13H,8-11H2,1H3,(H,24,25)(H,28,29). The van der Waals surface area contributed by atoms with Gasteiger partial charge >= 0.3 is 6.09 Å². The Morgan fingerprint density at radius 1 is 1.25 bits per heavy atom. The van der Waals surface area contributed by atoms with E-state index in [1.807, 2.05) is 24.3 Å². The van der Waals surface area contributed by atoms with Crippen molar-refractivity contribution in [2.45, 2.75) is 18.9 Å². The number of ketones is 1. The summed E-state index contributed by atoms with van der Waals surface area (Å²) in [6.45, 7) is 0.767. The minimum absolute atomic E-state index is 0.149. The van der Waals surface area contributed by atoms with Crippen LogP contribution in [0.15, 0.2) is 42.2 Å². The highest BCUT2D eigenvalue weighted by Gasteiger charge is 2.34. The Hall–Kier alpha value is -4.01. The summed E-state index contributed by atoms with van der Waals surface area (Å²) in [4.78, 5) is 25.5. The molecule has 9 heteroatoms. The van der Waals surface area contributed by atoms with Gasteiger partial charge in [0.2, 0.25) is 11.5 Å². The number of amides is 1. The number of carboxylic acid groups (broad SMARTS) is 1. The monoisotopic (exact) mass is 435 g/mol. The molecule has 1 saturated heterocycles. The molecular weight excluding hydrogens is 414 g/mol. The van der Waals surface area contributed by atoms with Crippen molar-refractivity contribution >= 4 is 28.9 Å². The molecule has 0 aliphatic carbocycles. The molecule has 0 atom stereocenters. The molecule has 1 fully saturated rings. The Bertz CT molecular complexity index is 1240. The molecule has 3 heterocycles. The van der Waals surface area contributed by atoms with Gasteiger partial charge in [-0.3, -0.25) is 9.89 Å². The van der Waals surface area contributed by atoms with Crippen molar-refractivity contribution in [1.29, 1.82) is 0 Å². The van der Waals surface area contributed by atoms with Crippen LogP contribution in [-0.2, 0) is 0 Å². The van der Waals surface area contributed by atoms with Crippen molar-refractivity contribution in [3.8, 4) is 17.2 Å². The molecule has 1 amide bonds. The van der Waals surface area contributed by atoms with E-state index in [-0.39, 0.29) is 17.6 Å². The van der Waals surface area contributed by atoms with E-state index in [2.05, 4.69) is 10.2 Å². The molecular formula is C23H21N3O6. The van der Waals surface area contributed by atoms with Gasteiger partial charge in [0.05, 0.1) is 23.9 Å². The van der Waals surface area contributed by atoms with Crippen molar-refractivity contribution in [2.24, 2.45) is 0 Å². The first-order chi connectivity index (χ1) is 15.5. The van der Waals surface area contributed by atoms with Crippen molar-refractivity contribution in [3.63, 3.8) is 0 Å². The average molecular weight is 435 g/mol. The molecule has 2 N–H and O–H groups in total. The van der Waals surface area contributed by atoms with E-state index in [0.717, 1.165) is 10.9 Å². The number of ether oxygens (including phenoxy) is 3. The number of hydrogen-bond donors (Lipinski definition) is 2. The van der Waals surface area contributed by atoms with E-state index in [0.29, 0.717) is 54.4 Å². The van der Waals surface area contributed by atoms with Crippen LogP contribution in [0.1, 0.15) is 28.9 Å². The van der Waals surface area contributed by atoms with Crippen LogP contribution in [-0.4, -0.2) is 58.4 Å². The maximum absolute atomic E-state index is 13.0. The summed E-state index contributed by atoms with van der Waals surface area (Å²) in [5.74, 6) is 0.989. The Balaban J connectivity index is 1.44. The summed E-state index contributed by atoms with van der Waals surface area (Å²) in [5, 5.41) is 17.3. The number of carbonyl (C=O) groups excluding carboxylic acids is 1. The highest BCUT2D eigenvalue weighted by molar-refractivity contribution is 6.15. The molecule has 9 nitrogen and oxygen atoms in total. The molecule has 32 heavy (non-hydrogen) atoms. The summed E-state index contributed by atoms with van der Waals surface area (Å²) < 4.78 is 17.6. The second-order valence-electron chi connectivity index (χ2n) is 7.65. The van der Waals surface area contributed by atoms with Gasteiger partial charge in [0.1, 0.15) is 6.10 Å². The summed E-state index contributed by atoms with van der Waals surface area (Å²) in [5.41, 5.74) is 1.85. The Kier molecular flexibility index (Phi) is 4.93. The molecule has 1 aromatic heterocycles. The Labute approximate surface area is 183 Å². The third-order valence-electron chi connectivity index (χ3n) is 5.74. The fourth-order valence-electron chi connectivity index (χ4n) is 4.03. The van der Waals surface area contributed by atoms with Gasteiger partial charge < -0.3 is 24.2 Å². The van der Waals surface area contributed by atoms with Gasteiger partial charge in [-0.1, -0.05) is 18.2 Å². The second-order valence-corrected chi connectivity index (χ2v) is 7.65. The third kappa shape index (κ3) is 3.41. The van der Waals surface area contributed by atoms with Crippen molar-refractivity contribution in [2.75, 3.05) is 20.2 Å². The van der Waals surface area contributed by atoms with Gasteiger partial charge in [0.25, 0.3) is 0 Å². The number of piperidine rings is 1. The van der Waals surface area contributed by atoms with Gasteiger partial charge in [-0.15, -0.1) is 0 Å². The van der Waals surface area contributed by atoms with Crippen molar-refractivity contribution < 1.29 is 28.9 Å². The number of benzene rings is 2. The average Bonchev–Trinajstić information content (AvgIpc) is 3.36. The normalized spacial score (nSPS) is 17.5. The zero-order valence-electron chi connectivity index (χ0n) is 17.3. The number of methoxy groups -OCH3 is 1. The van der Waals surface area contributed by atoms with Crippen LogP contribution in [0.2, 0.25) is 0 Å². The molecule has 2 aromatic carbocycles. The molecule has 0 spiro atoms. The van der Waals surface area contributed by atoms with E-state index in [9.17, 15) is 9.59 Å². The molecule has 0 bridgehead atoms. The van der Waals surface area contributed by atoms with E-state index in [4.69, 9.17) is 19.3 Å². The number of rotatable bonds is 4. The molecule has 2 aliphatic heterocycles. The van der Waals surface area contributed by atoms with Crippen LogP contribution in [0, 0.1) is 0 Å². The van der Waals surface area contributed by atoms with Crippen LogP contribution in [0.3, 0.4) is 0 Å². The number of nitrogens with zero attached hydrogens (tertiary/aromatic N) is 2. The lowest BCUT2D eigenvalue weighted by Gasteiger charge is -2.30. The first-order valence-electron chi connectivity index (χ1n) is 10.3.